The third kappa shape index (κ3) is 7.43. The fourth-order valence-electron chi connectivity index (χ4n) is 4.16. The molecule has 0 fully saturated rings. The number of aryl methyl sites for hydroxylation is 2. The fraction of sp³-hybridized carbons (Fsp3) is 0.355. The third-order valence-electron chi connectivity index (χ3n) is 7.04. The summed E-state index contributed by atoms with van der Waals surface area (Å²) < 4.78 is 29.1. The van der Waals surface area contributed by atoms with Crippen LogP contribution in [0.25, 0.3) is 0 Å². The highest BCUT2D eigenvalue weighted by Crippen LogP contribution is 2.31. The van der Waals surface area contributed by atoms with Gasteiger partial charge in [-0.15, -0.1) is 0 Å². The van der Waals surface area contributed by atoms with Gasteiger partial charge in [0.25, 0.3) is 10.0 Å². The van der Waals surface area contributed by atoms with Crippen LogP contribution >= 0.6 is 11.6 Å². The minimum absolute atomic E-state index is 0.0536. The number of hydrogen-bond donors (Lipinski definition) is 1. The van der Waals surface area contributed by atoms with Gasteiger partial charge >= 0.3 is 0 Å². The molecule has 0 unspecified atom stereocenters. The molecular formula is C31H38ClN3O4S. The lowest BCUT2D eigenvalue weighted by Gasteiger charge is -2.33. The first-order chi connectivity index (χ1) is 18.8. The molecule has 0 saturated carbocycles. The van der Waals surface area contributed by atoms with Crippen molar-refractivity contribution in [2.24, 2.45) is 0 Å². The summed E-state index contributed by atoms with van der Waals surface area (Å²) in [6.45, 7) is 10.7. The molecule has 2 atom stereocenters. The van der Waals surface area contributed by atoms with Crippen LogP contribution in [0.5, 0.6) is 0 Å². The Bertz CT molecular complexity index is 1440. The SMILES string of the molecule is CC[C@H](C)NC(=O)[C@@H](C)N(Cc1ccc(C)cc1)C(=O)CN(c1cccc(Cl)c1C)S(=O)(=O)c1ccc(C)cc1. The van der Waals surface area contributed by atoms with Crippen molar-refractivity contribution in [2.75, 3.05) is 10.8 Å². The zero-order chi connectivity index (χ0) is 29.6. The first-order valence-electron chi connectivity index (χ1n) is 13.3. The minimum Gasteiger partial charge on any atom is -0.352 e. The van der Waals surface area contributed by atoms with Gasteiger partial charge in [0.15, 0.2) is 0 Å². The molecule has 214 valence electrons. The molecule has 0 heterocycles. The van der Waals surface area contributed by atoms with Gasteiger partial charge in [-0.25, -0.2) is 8.42 Å². The van der Waals surface area contributed by atoms with Crippen LogP contribution < -0.4 is 9.62 Å². The number of anilines is 1. The normalized spacial score (nSPS) is 12.9. The van der Waals surface area contributed by atoms with Crippen molar-refractivity contribution in [1.82, 2.24) is 10.2 Å². The van der Waals surface area contributed by atoms with Gasteiger partial charge in [0.1, 0.15) is 12.6 Å². The number of nitrogens with one attached hydrogen (secondary N) is 1. The molecule has 3 aromatic rings. The van der Waals surface area contributed by atoms with Crippen LogP contribution in [0.2, 0.25) is 5.02 Å². The number of nitrogens with zero attached hydrogens (tertiary/aromatic N) is 2. The number of sulfonamides is 1. The lowest BCUT2D eigenvalue weighted by molar-refractivity contribution is -0.139. The Hall–Kier alpha value is -3.36. The molecule has 0 spiro atoms. The zero-order valence-electron chi connectivity index (χ0n) is 23.9. The topological polar surface area (TPSA) is 86.8 Å². The van der Waals surface area contributed by atoms with Crippen molar-refractivity contribution in [3.8, 4) is 0 Å². The summed E-state index contributed by atoms with van der Waals surface area (Å²) in [5.41, 5.74) is 3.63. The predicted octanol–water partition coefficient (Wildman–Crippen LogP) is 5.79. The van der Waals surface area contributed by atoms with E-state index in [2.05, 4.69) is 5.32 Å². The second kappa shape index (κ2) is 13.3. The highest BCUT2D eigenvalue weighted by Gasteiger charge is 2.33. The molecule has 7 nitrogen and oxygen atoms in total. The predicted molar refractivity (Wildman–Crippen MR) is 161 cm³/mol. The van der Waals surface area contributed by atoms with Gasteiger partial charge in [-0.2, -0.15) is 0 Å². The molecular weight excluding hydrogens is 546 g/mol. The summed E-state index contributed by atoms with van der Waals surface area (Å²) in [5.74, 6) is -0.816. The average Bonchev–Trinajstić information content (AvgIpc) is 2.92. The van der Waals surface area contributed by atoms with Gasteiger partial charge in [0.05, 0.1) is 10.6 Å². The molecule has 0 saturated heterocycles. The Balaban J connectivity index is 2.06. The van der Waals surface area contributed by atoms with Crippen LogP contribution in [0, 0.1) is 20.8 Å². The summed E-state index contributed by atoms with van der Waals surface area (Å²) >= 11 is 6.38. The number of amides is 2. The van der Waals surface area contributed by atoms with Crippen molar-refractivity contribution in [3.05, 3.63) is 94.0 Å². The van der Waals surface area contributed by atoms with E-state index in [9.17, 15) is 18.0 Å². The number of hydrogen-bond acceptors (Lipinski definition) is 4. The maximum atomic E-state index is 14.0. The van der Waals surface area contributed by atoms with Gasteiger partial charge < -0.3 is 10.2 Å². The second-order valence-electron chi connectivity index (χ2n) is 10.2. The van der Waals surface area contributed by atoms with E-state index in [1.165, 1.54) is 17.0 Å². The number of carbonyl (C=O) groups excluding carboxylic acids is 2. The molecule has 0 aliphatic carbocycles. The van der Waals surface area contributed by atoms with E-state index in [0.29, 0.717) is 16.3 Å². The first kappa shape index (κ1) is 31.2. The summed E-state index contributed by atoms with van der Waals surface area (Å²) in [6, 6.07) is 18.2. The third-order valence-corrected chi connectivity index (χ3v) is 9.22. The highest BCUT2D eigenvalue weighted by molar-refractivity contribution is 7.92. The summed E-state index contributed by atoms with van der Waals surface area (Å²) in [7, 11) is -4.16. The molecule has 0 radical (unpaired) electrons. The van der Waals surface area contributed by atoms with Crippen LogP contribution in [0.1, 0.15) is 49.4 Å². The molecule has 0 aromatic heterocycles. The molecule has 3 aromatic carbocycles. The Kier molecular flexibility index (Phi) is 10.4. The van der Waals surface area contributed by atoms with Crippen molar-refractivity contribution in [1.29, 1.82) is 0 Å². The van der Waals surface area contributed by atoms with Gasteiger partial charge in [0.2, 0.25) is 11.8 Å². The number of rotatable bonds is 11. The summed E-state index contributed by atoms with van der Waals surface area (Å²) in [5, 5.41) is 3.32. The van der Waals surface area contributed by atoms with E-state index in [-0.39, 0.29) is 23.4 Å². The molecule has 1 N–H and O–H groups in total. The standard InChI is InChI=1S/C31H38ClN3O4S/c1-7-23(4)33-31(37)25(6)34(19-26-15-11-21(2)12-16-26)30(36)20-35(29-10-8-9-28(32)24(29)5)40(38,39)27-17-13-22(3)14-18-27/h8-18,23,25H,7,19-20H2,1-6H3,(H,33,37)/t23-,25+/m0/s1. The van der Waals surface area contributed by atoms with E-state index in [4.69, 9.17) is 11.6 Å². The van der Waals surface area contributed by atoms with E-state index < -0.39 is 28.5 Å². The fourth-order valence-corrected chi connectivity index (χ4v) is 5.80. The van der Waals surface area contributed by atoms with Gasteiger partial charge in [-0.05, 0) is 76.4 Å². The van der Waals surface area contributed by atoms with Crippen molar-refractivity contribution in [2.45, 2.75) is 71.5 Å². The molecule has 0 aliphatic heterocycles. The van der Waals surface area contributed by atoms with E-state index >= 15 is 0 Å². The summed E-state index contributed by atoms with van der Waals surface area (Å²) in [4.78, 5) is 28.7. The molecule has 3 rings (SSSR count). The van der Waals surface area contributed by atoms with Gasteiger partial charge in [0, 0.05) is 17.6 Å². The average molecular weight is 584 g/mol. The lowest BCUT2D eigenvalue weighted by Crippen LogP contribution is -2.52. The van der Waals surface area contributed by atoms with Crippen molar-refractivity contribution >= 4 is 39.1 Å². The summed E-state index contributed by atoms with van der Waals surface area (Å²) in [6.07, 6.45) is 0.737. The molecule has 0 bridgehead atoms. The quantitative estimate of drug-likeness (QED) is 0.309. The smallest absolute Gasteiger partial charge is 0.264 e. The zero-order valence-corrected chi connectivity index (χ0v) is 25.5. The maximum absolute atomic E-state index is 14.0. The van der Waals surface area contributed by atoms with Gasteiger partial charge in [-0.1, -0.05) is 72.1 Å². The maximum Gasteiger partial charge on any atom is 0.264 e. The second-order valence-corrected chi connectivity index (χ2v) is 12.5. The van der Waals surface area contributed by atoms with Crippen LogP contribution in [0.4, 0.5) is 5.69 Å². The molecule has 40 heavy (non-hydrogen) atoms. The van der Waals surface area contributed by atoms with Crippen LogP contribution in [0.3, 0.4) is 0 Å². The largest absolute Gasteiger partial charge is 0.352 e. The number of halogens is 1. The van der Waals surface area contributed by atoms with Crippen molar-refractivity contribution in [3.63, 3.8) is 0 Å². The lowest BCUT2D eigenvalue weighted by atomic mass is 10.1. The minimum atomic E-state index is -4.16. The van der Waals surface area contributed by atoms with Crippen LogP contribution in [0.15, 0.2) is 71.6 Å². The van der Waals surface area contributed by atoms with Crippen LogP contribution in [-0.4, -0.2) is 43.8 Å². The van der Waals surface area contributed by atoms with Gasteiger partial charge in [-0.3, -0.25) is 13.9 Å². The van der Waals surface area contributed by atoms with E-state index in [1.54, 1.807) is 44.2 Å². The highest BCUT2D eigenvalue weighted by atomic mass is 35.5. The first-order valence-corrected chi connectivity index (χ1v) is 15.2. The molecule has 0 aliphatic rings. The molecule has 9 heteroatoms. The Morgan fingerprint density at radius 2 is 1.48 bits per heavy atom. The monoisotopic (exact) mass is 583 g/mol. The van der Waals surface area contributed by atoms with E-state index in [0.717, 1.165) is 27.4 Å². The Labute approximate surface area is 243 Å². The Morgan fingerprint density at radius 1 is 0.900 bits per heavy atom. The number of carbonyl (C=O) groups is 2. The number of benzene rings is 3. The Morgan fingerprint density at radius 3 is 2.05 bits per heavy atom. The van der Waals surface area contributed by atoms with Crippen molar-refractivity contribution < 1.29 is 18.0 Å². The van der Waals surface area contributed by atoms with Crippen LogP contribution in [-0.2, 0) is 26.2 Å². The van der Waals surface area contributed by atoms with E-state index in [1.807, 2.05) is 52.0 Å². The molecule has 2 amide bonds.